The van der Waals surface area contributed by atoms with Gasteiger partial charge in [-0.3, -0.25) is 15.0 Å². The van der Waals surface area contributed by atoms with Crippen molar-refractivity contribution in [1.82, 2.24) is 4.90 Å². The summed E-state index contributed by atoms with van der Waals surface area (Å²) in [5.74, 6) is -0.800. The number of hydrogen-bond donors (Lipinski definition) is 0. The molecule has 0 N–H and O–H groups in total. The zero-order valence-electron chi connectivity index (χ0n) is 11.5. The SMILES string of the molecule is CC(C)N1CCN(c2cc(Br)cc(F)c2[N+](=O)[O-])CC1. The Kier molecular flexibility index (Phi) is 4.59. The van der Waals surface area contributed by atoms with Gasteiger partial charge in [-0.2, -0.15) is 4.39 Å². The van der Waals surface area contributed by atoms with Crippen LogP contribution in [0.2, 0.25) is 0 Å². The molecule has 0 spiro atoms. The smallest absolute Gasteiger partial charge is 0.327 e. The van der Waals surface area contributed by atoms with Crippen LogP contribution in [0.4, 0.5) is 15.8 Å². The molecule has 7 heteroatoms. The summed E-state index contributed by atoms with van der Waals surface area (Å²) in [6.45, 7) is 7.21. The van der Waals surface area contributed by atoms with E-state index in [4.69, 9.17) is 0 Å². The summed E-state index contributed by atoms with van der Waals surface area (Å²) in [5.41, 5.74) is -0.0866. The van der Waals surface area contributed by atoms with E-state index in [0.717, 1.165) is 19.2 Å². The summed E-state index contributed by atoms with van der Waals surface area (Å²) in [5, 5.41) is 11.1. The van der Waals surface area contributed by atoms with Gasteiger partial charge in [0.05, 0.1) is 4.92 Å². The van der Waals surface area contributed by atoms with Gasteiger partial charge in [-0.1, -0.05) is 15.9 Å². The monoisotopic (exact) mass is 345 g/mol. The largest absolute Gasteiger partial charge is 0.363 e. The van der Waals surface area contributed by atoms with Gasteiger partial charge in [-0.25, -0.2) is 0 Å². The highest BCUT2D eigenvalue weighted by Gasteiger charge is 2.28. The highest BCUT2D eigenvalue weighted by atomic mass is 79.9. The molecule has 1 aromatic rings. The number of halogens is 2. The number of rotatable bonds is 3. The van der Waals surface area contributed by atoms with Crippen LogP contribution in [0.25, 0.3) is 0 Å². The topological polar surface area (TPSA) is 49.6 Å². The van der Waals surface area contributed by atoms with Crippen LogP contribution in [0.15, 0.2) is 16.6 Å². The molecule has 0 radical (unpaired) electrons. The zero-order chi connectivity index (χ0) is 14.9. The van der Waals surface area contributed by atoms with Gasteiger partial charge in [0.2, 0.25) is 5.82 Å². The van der Waals surface area contributed by atoms with Crippen LogP contribution >= 0.6 is 15.9 Å². The Morgan fingerprint density at radius 1 is 1.30 bits per heavy atom. The van der Waals surface area contributed by atoms with Crippen molar-refractivity contribution >= 4 is 27.3 Å². The molecule has 0 amide bonds. The molecule has 0 aliphatic carbocycles. The predicted molar refractivity (Wildman–Crippen MR) is 79.7 cm³/mol. The van der Waals surface area contributed by atoms with E-state index in [9.17, 15) is 14.5 Å². The van der Waals surface area contributed by atoms with Gasteiger partial charge in [0, 0.05) is 36.7 Å². The normalized spacial score (nSPS) is 16.8. The van der Waals surface area contributed by atoms with Crippen LogP contribution < -0.4 is 4.90 Å². The maximum Gasteiger partial charge on any atom is 0.327 e. The quantitative estimate of drug-likeness (QED) is 0.624. The fraction of sp³-hybridized carbons (Fsp3) is 0.538. The minimum atomic E-state index is -0.800. The fourth-order valence-electron chi connectivity index (χ4n) is 2.45. The van der Waals surface area contributed by atoms with Crippen LogP contribution in [-0.4, -0.2) is 42.0 Å². The molecule has 1 saturated heterocycles. The first-order valence-corrected chi connectivity index (χ1v) is 7.32. The van der Waals surface area contributed by atoms with Crippen molar-refractivity contribution in [1.29, 1.82) is 0 Å². The molecule has 2 rings (SSSR count). The summed E-state index contributed by atoms with van der Waals surface area (Å²) in [6.07, 6.45) is 0. The lowest BCUT2D eigenvalue weighted by Crippen LogP contribution is -2.49. The average molecular weight is 346 g/mol. The number of anilines is 1. The molecule has 0 saturated carbocycles. The van der Waals surface area contributed by atoms with Crippen LogP contribution in [0.1, 0.15) is 13.8 Å². The van der Waals surface area contributed by atoms with E-state index < -0.39 is 16.4 Å². The van der Waals surface area contributed by atoms with Crippen molar-refractivity contribution in [3.63, 3.8) is 0 Å². The van der Waals surface area contributed by atoms with Gasteiger partial charge in [0.1, 0.15) is 5.69 Å². The second kappa shape index (κ2) is 6.05. The number of benzene rings is 1. The molecule has 1 aliphatic rings. The second-order valence-corrected chi connectivity index (χ2v) is 6.04. The van der Waals surface area contributed by atoms with E-state index in [-0.39, 0.29) is 0 Å². The molecule has 0 bridgehead atoms. The van der Waals surface area contributed by atoms with E-state index in [0.29, 0.717) is 29.3 Å². The first-order valence-electron chi connectivity index (χ1n) is 6.52. The molecule has 0 atom stereocenters. The third-order valence-corrected chi connectivity index (χ3v) is 4.03. The van der Waals surface area contributed by atoms with Crippen molar-refractivity contribution in [3.8, 4) is 0 Å². The molecule has 1 heterocycles. The maximum absolute atomic E-state index is 13.8. The third-order valence-electron chi connectivity index (χ3n) is 3.58. The average Bonchev–Trinajstić information content (AvgIpc) is 2.37. The molecule has 1 aromatic carbocycles. The Balaban J connectivity index is 2.27. The third kappa shape index (κ3) is 3.09. The molecule has 1 fully saturated rings. The number of nitrogens with zero attached hydrogens (tertiary/aromatic N) is 3. The van der Waals surface area contributed by atoms with E-state index in [1.54, 1.807) is 6.07 Å². The minimum absolute atomic E-state index is 0.352. The highest BCUT2D eigenvalue weighted by molar-refractivity contribution is 9.10. The standard InChI is InChI=1S/C13H17BrFN3O2/c1-9(2)16-3-5-17(6-4-16)12-8-10(14)7-11(15)13(12)18(19)20/h7-9H,3-6H2,1-2H3. The molecule has 20 heavy (non-hydrogen) atoms. The van der Waals surface area contributed by atoms with Gasteiger partial charge in [0.15, 0.2) is 0 Å². The second-order valence-electron chi connectivity index (χ2n) is 5.13. The van der Waals surface area contributed by atoms with E-state index in [1.165, 1.54) is 0 Å². The Morgan fingerprint density at radius 2 is 1.90 bits per heavy atom. The Hall–Kier alpha value is -1.21. The lowest BCUT2D eigenvalue weighted by molar-refractivity contribution is -0.386. The van der Waals surface area contributed by atoms with Gasteiger partial charge in [-0.15, -0.1) is 0 Å². The van der Waals surface area contributed by atoms with Crippen molar-refractivity contribution in [2.45, 2.75) is 19.9 Å². The highest BCUT2D eigenvalue weighted by Crippen LogP contribution is 2.34. The van der Waals surface area contributed by atoms with Gasteiger partial charge in [0.25, 0.3) is 0 Å². The molecular weight excluding hydrogens is 329 g/mol. The number of nitro benzene ring substituents is 1. The first kappa shape index (κ1) is 15.2. The molecule has 0 unspecified atom stereocenters. The summed E-state index contributed by atoms with van der Waals surface area (Å²) < 4.78 is 14.3. The van der Waals surface area contributed by atoms with Gasteiger partial charge in [-0.05, 0) is 26.0 Å². The van der Waals surface area contributed by atoms with Gasteiger partial charge >= 0.3 is 5.69 Å². The minimum Gasteiger partial charge on any atom is -0.363 e. The number of piperazine rings is 1. The van der Waals surface area contributed by atoms with Gasteiger partial charge < -0.3 is 4.90 Å². The summed E-state index contributed by atoms with van der Waals surface area (Å²) >= 11 is 3.20. The molecule has 5 nitrogen and oxygen atoms in total. The van der Waals surface area contributed by atoms with Crippen LogP contribution in [0.3, 0.4) is 0 Å². The molecule has 0 aromatic heterocycles. The van der Waals surface area contributed by atoms with Crippen molar-refractivity contribution in [2.75, 3.05) is 31.1 Å². The van der Waals surface area contributed by atoms with Crippen molar-refractivity contribution in [3.05, 3.63) is 32.5 Å². The Bertz CT molecular complexity index is 517. The van der Waals surface area contributed by atoms with Crippen LogP contribution in [-0.2, 0) is 0 Å². The zero-order valence-corrected chi connectivity index (χ0v) is 13.1. The summed E-state index contributed by atoms with van der Waals surface area (Å²) in [6, 6.07) is 3.20. The maximum atomic E-state index is 13.8. The predicted octanol–water partition coefficient (Wildman–Crippen LogP) is 3.03. The Morgan fingerprint density at radius 3 is 2.40 bits per heavy atom. The lowest BCUT2D eigenvalue weighted by Gasteiger charge is -2.37. The van der Waals surface area contributed by atoms with Crippen molar-refractivity contribution < 1.29 is 9.31 Å². The molecule has 110 valence electrons. The summed E-state index contributed by atoms with van der Waals surface area (Å²) in [7, 11) is 0. The van der Waals surface area contributed by atoms with Crippen molar-refractivity contribution in [2.24, 2.45) is 0 Å². The molecular formula is C13H17BrFN3O2. The summed E-state index contributed by atoms with van der Waals surface area (Å²) in [4.78, 5) is 14.6. The Labute approximate surface area is 125 Å². The van der Waals surface area contributed by atoms with E-state index in [2.05, 4.69) is 34.7 Å². The fourth-order valence-corrected chi connectivity index (χ4v) is 2.87. The first-order chi connectivity index (χ1) is 9.40. The van der Waals surface area contributed by atoms with E-state index >= 15 is 0 Å². The van der Waals surface area contributed by atoms with E-state index in [1.807, 2.05) is 4.90 Å². The van der Waals surface area contributed by atoms with Crippen LogP contribution in [0, 0.1) is 15.9 Å². The number of hydrogen-bond acceptors (Lipinski definition) is 4. The molecule has 1 aliphatic heterocycles. The van der Waals surface area contributed by atoms with Crippen LogP contribution in [0.5, 0.6) is 0 Å². The lowest BCUT2D eigenvalue weighted by atomic mass is 10.2. The number of nitro groups is 1.